The molecule has 0 rings (SSSR count). The van der Waals surface area contributed by atoms with Crippen LogP contribution in [0.3, 0.4) is 0 Å². The van der Waals surface area contributed by atoms with Gasteiger partial charge >= 0.3 is 0 Å². The van der Waals surface area contributed by atoms with Crippen LogP contribution >= 0.6 is 0 Å². The Hall–Kier alpha value is -0.130. The number of hydrogen-bond acceptors (Lipinski definition) is 3. The Labute approximate surface area is 105 Å². The first-order chi connectivity index (χ1) is 8.06. The molecule has 0 aromatic carbocycles. The third-order valence-corrected chi connectivity index (χ3v) is 3.61. The molecule has 0 aromatic heterocycles. The molecule has 0 amide bonds. The molecule has 0 atom stereocenters. The highest BCUT2D eigenvalue weighted by molar-refractivity contribution is 7.85. The summed E-state index contributed by atoms with van der Waals surface area (Å²) in [7, 11) is -3.75. The lowest BCUT2D eigenvalue weighted by Crippen LogP contribution is -2.03. The maximum Gasteiger partial charge on any atom is 0.264 e. The fraction of sp³-hybridized carbons (Fsp3) is 1.00. The minimum absolute atomic E-state index is 0.103. The summed E-state index contributed by atoms with van der Waals surface area (Å²) in [6.07, 6.45) is 10.5. The quantitative estimate of drug-likeness (QED) is 0.421. The average molecular weight is 266 g/mol. The van der Waals surface area contributed by atoms with E-state index in [1.54, 1.807) is 0 Å². The van der Waals surface area contributed by atoms with Crippen molar-refractivity contribution < 1.29 is 18.1 Å². The Morgan fingerprint density at radius 1 is 0.647 bits per heavy atom. The highest BCUT2D eigenvalue weighted by atomic mass is 32.2. The van der Waals surface area contributed by atoms with E-state index < -0.39 is 10.1 Å². The van der Waals surface area contributed by atoms with Gasteiger partial charge in [-0.15, -0.1) is 0 Å². The largest absolute Gasteiger partial charge is 0.396 e. The molecule has 0 fully saturated rings. The zero-order valence-electron chi connectivity index (χ0n) is 10.6. The van der Waals surface area contributed by atoms with Crippen LogP contribution in [0.1, 0.15) is 64.2 Å². The Morgan fingerprint density at radius 3 is 1.35 bits per heavy atom. The van der Waals surface area contributed by atoms with Gasteiger partial charge in [-0.1, -0.05) is 51.4 Å². The zero-order chi connectivity index (χ0) is 13.0. The third kappa shape index (κ3) is 15.9. The van der Waals surface area contributed by atoms with Crippen molar-refractivity contribution in [3.8, 4) is 0 Å². The lowest BCUT2D eigenvalue weighted by Gasteiger charge is -2.01. The topological polar surface area (TPSA) is 74.6 Å². The summed E-state index contributed by atoms with van der Waals surface area (Å²) < 4.78 is 29.4. The normalized spacial score (nSPS) is 11.9. The van der Waals surface area contributed by atoms with E-state index in [9.17, 15) is 8.42 Å². The lowest BCUT2D eigenvalue weighted by atomic mass is 10.1. The number of unbranched alkanes of at least 4 members (excludes halogenated alkanes) is 9. The van der Waals surface area contributed by atoms with Gasteiger partial charge in [0.1, 0.15) is 0 Å². The molecular weight excluding hydrogens is 240 g/mol. The van der Waals surface area contributed by atoms with Gasteiger partial charge in [0.15, 0.2) is 0 Å². The zero-order valence-corrected chi connectivity index (χ0v) is 11.4. The van der Waals surface area contributed by atoms with Crippen molar-refractivity contribution in [3.05, 3.63) is 0 Å². The Bertz CT molecular complexity index is 249. The summed E-state index contributed by atoms with van der Waals surface area (Å²) in [4.78, 5) is 0. The standard InChI is InChI=1S/C12H26O4S/c13-11-9-7-5-3-1-2-4-6-8-10-12-17(14,15)16/h13H,1-12H2,(H,14,15,16). The van der Waals surface area contributed by atoms with Crippen LogP contribution in [0.25, 0.3) is 0 Å². The van der Waals surface area contributed by atoms with Crippen molar-refractivity contribution in [1.29, 1.82) is 0 Å². The van der Waals surface area contributed by atoms with Crippen LogP contribution in [-0.2, 0) is 10.1 Å². The van der Waals surface area contributed by atoms with Crippen molar-refractivity contribution in [3.63, 3.8) is 0 Å². The van der Waals surface area contributed by atoms with E-state index in [0.717, 1.165) is 32.1 Å². The van der Waals surface area contributed by atoms with Crippen molar-refractivity contribution in [2.24, 2.45) is 0 Å². The molecular formula is C12H26O4S. The highest BCUT2D eigenvalue weighted by Gasteiger charge is 2.02. The molecule has 0 unspecified atom stereocenters. The van der Waals surface area contributed by atoms with Gasteiger partial charge in [0.25, 0.3) is 10.1 Å². The number of aliphatic hydroxyl groups excluding tert-OH is 1. The fourth-order valence-corrected chi connectivity index (χ4v) is 2.38. The molecule has 2 N–H and O–H groups in total. The first kappa shape index (κ1) is 16.9. The van der Waals surface area contributed by atoms with Gasteiger partial charge in [-0.2, -0.15) is 8.42 Å². The summed E-state index contributed by atoms with van der Waals surface area (Å²) >= 11 is 0. The van der Waals surface area contributed by atoms with E-state index >= 15 is 0 Å². The molecule has 0 aliphatic rings. The molecule has 0 aliphatic carbocycles. The van der Waals surface area contributed by atoms with Crippen molar-refractivity contribution in [2.75, 3.05) is 12.4 Å². The first-order valence-corrected chi connectivity index (χ1v) is 8.23. The SMILES string of the molecule is O=S(=O)(O)CCCCCCCCCCCCO. The van der Waals surface area contributed by atoms with Crippen LogP contribution in [0.15, 0.2) is 0 Å². The first-order valence-electron chi connectivity index (χ1n) is 6.62. The third-order valence-electron chi connectivity index (χ3n) is 2.81. The Kier molecular flexibility index (Phi) is 10.9. The van der Waals surface area contributed by atoms with Gasteiger partial charge in [-0.25, -0.2) is 0 Å². The van der Waals surface area contributed by atoms with E-state index in [1.807, 2.05) is 0 Å². The van der Waals surface area contributed by atoms with E-state index in [1.165, 1.54) is 25.7 Å². The second-order valence-electron chi connectivity index (χ2n) is 4.55. The van der Waals surface area contributed by atoms with E-state index in [0.29, 0.717) is 13.0 Å². The number of rotatable bonds is 12. The van der Waals surface area contributed by atoms with E-state index in [2.05, 4.69) is 0 Å². The molecule has 5 heteroatoms. The smallest absolute Gasteiger partial charge is 0.264 e. The molecule has 17 heavy (non-hydrogen) atoms. The highest BCUT2D eigenvalue weighted by Crippen LogP contribution is 2.10. The van der Waals surface area contributed by atoms with Gasteiger partial charge < -0.3 is 5.11 Å². The molecule has 0 saturated heterocycles. The van der Waals surface area contributed by atoms with Crippen LogP contribution in [0, 0.1) is 0 Å². The van der Waals surface area contributed by atoms with Gasteiger partial charge in [-0.3, -0.25) is 4.55 Å². The summed E-state index contributed by atoms with van der Waals surface area (Å²) in [5.41, 5.74) is 0. The van der Waals surface area contributed by atoms with Gasteiger partial charge in [-0.05, 0) is 12.8 Å². The molecule has 4 nitrogen and oxygen atoms in total. The number of hydrogen-bond donors (Lipinski definition) is 2. The van der Waals surface area contributed by atoms with E-state index in [-0.39, 0.29) is 5.75 Å². The van der Waals surface area contributed by atoms with Crippen LogP contribution in [-0.4, -0.2) is 30.4 Å². The maximum absolute atomic E-state index is 10.4. The average Bonchev–Trinajstić information content (AvgIpc) is 2.24. The van der Waals surface area contributed by atoms with Crippen LogP contribution in [0.5, 0.6) is 0 Å². The summed E-state index contributed by atoms with van der Waals surface area (Å²) in [6.45, 7) is 0.299. The molecule has 0 aromatic rings. The van der Waals surface area contributed by atoms with Crippen molar-refractivity contribution in [1.82, 2.24) is 0 Å². The maximum atomic E-state index is 10.4. The number of aliphatic hydroxyl groups is 1. The van der Waals surface area contributed by atoms with Crippen LogP contribution in [0.4, 0.5) is 0 Å². The van der Waals surface area contributed by atoms with Crippen LogP contribution < -0.4 is 0 Å². The van der Waals surface area contributed by atoms with Crippen LogP contribution in [0.2, 0.25) is 0 Å². The monoisotopic (exact) mass is 266 g/mol. The van der Waals surface area contributed by atoms with Gasteiger partial charge in [0.05, 0.1) is 5.75 Å². The molecule has 0 spiro atoms. The summed E-state index contributed by atoms with van der Waals surface area (Å²) in [5.74, 6) is -0.103. The molecule has 0 bridgehead atoms. The van der Waals surface area contributed by atoms with E-state index in [4.69, 9.17) is 9.66 Å². The minimum Gasteiger partial charge on any atom is -0.396 e. The molecule has 104 valence electrons. The molecule has 0 aliphatic heterocycles. The molecule has 0 heterocycles. The van der Waals surface area contributed by atoms with Crippen molar-refractivity contribution in [2.45, 2.75) is 64.2 Å². The summed E-state index contributed by atoms with van der Waals surface area (Å²) in [5, 5.41) is 8.59. The van der Waals surface area contributed by atoms with Crippen molar-refractivity contribution >= 4 is 10.1 Å². The second kappa shape index (κ2) is 11.0. The fourth-order valence-electron chi connectivity index (χ4n) is 1.81. The molecule has 0 radical (unpaired) electrons. The Morgan fingerprint density at radius 2 is 1.00 bits per heavy atom. The molecule has 0 saturated carbocycles. The minimum atomic E-state index is -3.75. The second-order valence-corrected chi connectivity index (χ2v) is 6.12. The Balaban J connectivity index is 3.04. The predicted molar refractivity (Wildman–Crippen MR) is 69.7 cm³/mol. The van der Waals surface area contributed by atoms with Gasteiger partial charge in [0.2, 0.25) is 0 Å². The lowest BCUT2D eigenvalue weighted by molar-refractivity contribution is 0.282. The predicted octanol–water partition coefficient (Wildman–Crippen LogP) is 2.77. The van der Waals surface area contributed by atoms with Gasteiger partial charge in [0, 0.05) is 6.61 Å². The summed E-state index contributed by atoms with van der Waals surface area (Å²) in [6, 6.07) is 0.